The molecule has 0 bridgehead atoms. The SMILES string of the molecule is O=S(=O)(C1CC1)N1CCC(Oc2cccc(F)n2)C1. The van der Waals surface area contributed by atoms with Crippen LogP contribution in [-0.2, 0) is 10.0 Å². The minimum atomic E-state index is -3.14. The summed E-state index contributed by atoms with van der Waals surface area (Å²) in [5.74, 6) is -0.395. The Morgan fingerprint density at radius 3 is 2.79 bits per heavy atom. The third-order valence-corrected chi connectivity index (χ3v) is 5.76. The van der Waals surface area contributed by atoms with Crippen molar-refractivity contribution >= 4 is 10.0 Å². The molecule has 2 fully saturated rings. The summed E-state index contributed by atoms with van der Waals surface area (Å²) in [6.07, 6.45) is 1.89. The molecule has 104 valence electrons. The number of aromatic nitrogens is 1. The number of nitrogens with zero attached hydrogens (tertiary/aromatic N) is 2. The number of hydrogen-bond acceptors (Lipinski definition) is 4. The van der Waals surface area contributed by atoms with Crippen molar-refractivity contribution in [1.82, 2.24) is 9.29 Å². The maximum Gasteiger partial charge on any atom is 0.217 e. The Balaban J connectivity index is 1.63. The fourth-order valence-electron chi connectivity index (χ4n) is 2.23. The van der Waals surface area contributed by atoms with E-state index in [1.54, 1.807) is 6.07 Å². The van der Waals surface area contributed by atoms with E-state index in [2.05, 4.69) is 4.98 Å². The van der Waals surface area contributed by atoms with Gasteiger partial charge in [-0.2, -0.15) is 13.7 Å². The topological polar surface area (TPSA) is 59.5 Å². The first-order valence-corrected chi connectivity index (χ1v) is 7.84. The molecule has 0 radical (unpaired) electrons. The quantitative estimate of drug-likeness (QED) is 0.780. The van der Waals surface area contributed by atoms with Gasteiger partial charge in [-0.15, -0.1) is 0 Å². The maximum absolute atomic E-state index is 12.9. The van der Waals surface area contributed by atoms with E-state index in [0.29, 0.717) is 19.5 Å². The molecule has 1 aliphatic heterocycles. The molecule has 3 rings (SSSR count). The summed E-state index contributed by atoms with van der Waals surface area (Å²) >= 11 is 0. The van der Waals surface area contributed by atoms with E-state index in [-0.39, 0.29) is 17.2 Å². The number of sulfonamides is 1. The summed E-state index contributed by atoms with van der Waals surface area (Å²) in [6, 6.07) is 4.33. The molecule has 1 aromatic heterocycles. The van der Waals surface area contributed by atoms with Crippen LogP contribution in [0, 0.1) is 5.95 Å². The smallest absolute Gasteiger partial charge is 0.217 e. The highest BCUT2D eigenvalue weighted by Gasteiger charge is 2.43. The first-order chi connectivity index (χ1) is 9.05. The fourth-order valence-corrected chi connectivity index (χ4v) is 4.12. The molecule has 19 heavy (non-hydrogen) atoms. The molecular formula is C12H15FN2O3S. The molecule has 5 nitrogen and oxygen atoms in total. The number of ether oxygens (including phenoxy) is 1. The van der Waals surface area contributed by atoms with Crippen LogP contribution in [0.1, 0.15) is 19.3 Å². The van der Waals surface area contributed by atoms with Gasteiger partial charge in [0.25, 0.3) is 0 Å². The molecule has 1 unspecified atom stereocenters. The van der Waals surface area contributed by atoms with Crippen LogP contribution < -0.4 is 4.74 Å². The van der Waals surface area contributed by atoms with Gasteiger partial charge in [0.15, 0.2) is 0 Å². The number of pyridine rings is 1. The highest BCUT2D eigenvalue weighted by Crippen LogP contribution is 2.33. The van der Waals surface area contributed by atoms with Gasteiger partial charge in [-0.3, -0.25) is 0 Å². The molecule has 1 saturated carbocycles. The molecule has 1 aliphatic carbocycles. The first-order valence-electron chi connectivity index (χ1n) is 6.34. The molecule has 1 atom stereocenters. The summed E-state index contributed by atoms with van der Waals surface area (Å²) < 4.78 is 44.0. The van der Waals surface area contributed by atoms with E-state index in [9.17, 15) is 12.8 Å². The number of hydrogen-bond donors (Lipinski definition) is 0. The van der Waals surface area contributed by atoms with Crippen LogP contribution in [0.25, 0.3) is 0 Å². The molecule has 2 heterocycles. The van der Waals surface area contributed by atoms with Gasteiger partial charge in [0.1, 0.15) is 6.10 Å². The van der Waals surface area contributed by atoms with Crippen LogP contribution in [0.5, 0.6) is 5.88 Å². The number of rotatable bonds is 4. The minimum Gasteiger partial charge on any atom is -0.473 e. The fraction of sp³-hybridized carbons (Fsp3) is 0.583. The molecule has 0 aromatic carbocycles. The van der Waals surface area contributed by atoms with E-state index in [1.165, 1.54) is 16.4 Å². The predicted molar refractivity (Wildman–Crippen MR) is 66.7 cm³/mol. The van der Waals surface area contributed by atoms with Crippen molar-refractivity contribution in [2.45, 2.75) is 30.6 Å². The summed E-state index contributed by atoms with van der Waals surface area (Å²) in [5, 5.41) is -0.196. The predicted octanol–water partition coefficient (Wildman–Crippen LogP) is 1.17. The maximum atomic E-state index is 12.9. The van der Waals surface area contributed by atoms with Crippen LogP contribution in [0.15, 0.2) is 18.2 Å². The van der Waals surface area contributed by atoms with Crippen molar-refractivity contribution in [3.05, 3.63) is 24.1 Å². The molecule has 1 aromatic rings. The molecule has 0 amide bonds. The van der Waals surface area contributed by atoms with Crippen molar-refractivity contribution in [2.75, 3.05) is 13.1 Å². The number of halogens is 1. The zero-order valence-electron chi connectivity index (χ0n) is 10.3. The Morgan fingerprint density at radius 1 is 1.32 bits per heavy atom. The molecule has 7 heteroatoms. The van der Waals surface area contributed by atoms with Crippen molar-refractivity contribution < 1.29 is 17.5 Å². The lowest BCUT2D eigenvalue weighted by Gasteiger charge is -2.16. The van der Waals surface area contributed by atoms with E-state index in [4.69, 9.17) is 4.74 Å². The Hall–Kier alpha value is -1.21. The van der Waals surface area contributed by atoms with Crippen LogP contribution in [0.3, 0.4) is 0 Å². The van der Waals surface area contributed by atoms with Gasteiger partial charge >= 0.3 is 0 Å². The lowest BCUT2D eigenvalue weighted by molar-refractivity contribution is 0.204. The van der Waals surface area contributed by atoms with Gasteiger partial charge in [0.2, 0.25) is 21.9 Å². The second-order valence-corrected chi connectivity index (χ2v) is 7.14. The monoisotopic (exact) mass is 286 g/mol. The zero-order valence-corrected chi connectivity index (χ0v) is 11.1. The van der Waals surface area contributed by atoms with Crippen molar-refractivity contribution in [3.8, 4) is 5.88 Å². The first kappa shape index (κ1) is 12.8. The lowest BCUT2D eigenvalue weighted by atomic mass is 10.3. The minimum absolute atomic E-state index is 0.196. The highest BCUT2D eigenvalue weighted by molar-refractivity contribution is 7.90. The molecule has 1 saturated heterocycles. The molecule has 0 spiro atoms. The third kappa shape index (κ3) is 2.71. The van der Waals surface area contributed by atoms with Crippen LogP contribution in [0.4, 0.5) is 4.39 Å². The molecule has 0 N–H and O–H groups in total. The second kappa shape index (κ2) is 4.72. The van der Waals surface area contributed by atoms with E-state index >= 15 is 0 Å². The van der Waals surface area contributed by atoms with Crippen molar-refractivity contribution in [2.24, 2.45) is 0 Å². The summed E-state index contributed by atoms with van der Waals surface area (Å²) in [4.78, 5) is 3.61. The van der Waals surface area contributed by atoms with E-state index in [0.717, 1.165) is 12.8 Å². The van der Waals surface area contributed by atoms with Gasteiger partial charge in [-0.05, 0) is 25.3 Å². The standard InChI is InChI=1S/C12H15FN2O3S/c13-11-2-1-3-12(14-11)18-9-6-7-15(8-9)19(16,17)10-4-5-10/h1-3,9-10H,4-8H2. The van der Waals surface area contributed by atoms with Crippen LogP contribution in [0.2, 0.25) is 0 Å². The van der Waals surface area contributed by atoms with E-state index in [1.807, 2.05) is 0 Å². The average Bonchev–Trinajstić information content (AvgIpc) is 3.11. The Kier molecular flexibility index (Phi) is 3.18. The highest BCUT2D eigenvalue weighted by atomic mass is 32.2. The average molecular weight is 286 g/mol. The van der Waals surface area contributed by atoms with Crippen LogP contribution in [-0.4, -0.2) is 42.2 Å². The molecule has 2 aliphatic rings. The van der Waals surface area contributed by atoms with E-state index < -0.39 is 16.0 Å². The van der Waals surface area contributed by atoms with Gasteiger partial charge in [-0.25, -0.2) is 8.42 Å². The second-order valence-electron chi connectivity index (χ2n) is 4.93. The largest absolute Gasteiger partial charge is 0.473 e. The van der Waals surface area contributed by atoms with Gasteiger partial charge in [0.05, 0.1) is 11.8 Å². The van der Waals surface area contributed by atoms with Gasteiger partial charge < -0.3 is 4.74 Å². The summed E-state index contributed by atoms with van der Waals surface area (Å²) in [5.41, 5.74) is 0. The van der Waals surface area contributed by atoms with Gasteiger partial charge in [-0.1, -0.05) is 6.07 Å². The van der Waals surface area contributed by atoms with Crippen molar-refractivity contribution in [1.29, 1.82) is 0 Å². The van der Waals surface area contributed by atoms with Crippen LogP contribution >= 0.6 is 0 Å². The Bertz CT molecular complexity index is 574. The Labute approximate surface area is 111 Å². The lowest BCUT2D eigenvalue weighted by Crippen LogP contribution is -2.33. The Morgan fingerprint density at radius 2 is 2.11 bits per heavy atom. The third-order valence-electron chi connectivity index (χ3n) is 3.39. The molecular weight excluding hydrogens is 271 g/mol. The summed E-state index contributed by atoms with van der Waals surface area (Å²) in [6.45, 7) is 0.801. The summed E-state index contributed by atoms with van der Waals surface area (Å²) in [7, 11) is -3.14. The normalized spacial score (nSPS) is 24.6. The zero-order chi connectivity index (χ0) is 13.5. The van der Waals surface area contributed by atoms with Gasteiger partial charge in [0, 0.05) is 12.6 Å². The van der Waals surface area contributed by atoms with Crippen molar-refractivity contribution in [3.63, 3.8) is 0 Å².